The van der Waals surface area contributed by atoms with Gasteiger partial charge in [0.2, 0.25) is 0 Å². The van der Waals surface area contributed by atoms with Gasteiger partial charge >= 0.3 is 0 Å². The quantitative estimate of drug-likeness (QED) is 0.430. The van der Waals surface area contributed by atoms with E-state index in [-0.39, 0.29) is 11.7 Å². The molecular weight excluding hydrogens is 443 g/mol. The molecule has 32 heavy (non-hydrogen) atoms. The fourth-order valence-electron chi connectivity index (χ4n) is 3.89. The Balaban J connectivity index is 1.20. The number of fused-ring (bicyclic) bond motifs is 1. The Kier molecular flexibility index (Phi) is 7.85. The van der Waals surface area contributed by atoms with Gasteiger partial charge in [0, 0.05) is 53.8 Å². The van der Waals surface area contributed by atoms with Gasteiger partial charge in [0.15, 0.2) is 0 Å². The second-order valence-electron chi connectivity index (χ2n) is 7.93. The first-order chi connectivity index (χ1) is 15.6. The van der Waals surface area contributed by atoms with Gasteiger partial charge < -0.3 is 5.32 Å². The smallest absolute Gasteiger partial charge is 0.251 e. The van der Waals surface area contributed by atoms with Crippen LogP contribution in [0.3, 0.4) is 0 Å². The molecule has 0 fully saturated rings. The lowest BCUT2D eigenvalue weighted by Crippen LogP contribution is -2.30. The molecule has 1 aliphatic heterocycles. The summed E-state index contributed by atoms with van der Waals surface area (Å²) in [7, 11) is 0. The number of halogens is 2. The van der Waals surface area contributed by atoms with Crippen molar-refractivity contribution in [1.29, 1.82) is 0 Å². The molecule has 0 saturated heterocycles. The van der Waals surface area contributed by atoms with Gasteiger partial charge in [0.25, 0.3) is 5.91 Å². The van der Waals surface area contributed by atoms with E-state index in [4.69, 9.17) is 11.6 Å². The van der Waals surface area contributed by atoms with Crippen LogP contribution in [-0.4, -0.2) is 29.6 Å². The van der Waals surface area contributed by atoms with Crippen molar-refractivity contribution < 1.29 is 9.18 Å². The molecular formula is C26H26ClFN2OS. The third kappa shape index (κ3) is 5.91. The van der Waals surface area contributed by atoms with Crippen LogP contribution in [0.25, 0.3) is 0 Å². The van der Waals surface area contributed by atoms with Crippen molar-refractivity contribution in [2.75, 3.05) is 18.8 Å². The number of nitrogens with zero attached hydrogens (tertiary/aromatic N) is 1. The van der Waals surface area contributed by atoms with Gasteiger partial charge in [-0.2, -0.15) is 11.8 Å². The summed E-state index contributed by atoms with van der Waals surface area (Å²) in [5.41, 5.74) is 5.23. The molecule has 6 heteroatoms. The molecule has 4 rings (SSSR count). The molecule has 1 N–H and O–H groups in total. The summed E-state index contributed by atoms with van der Waals surface area (Å²) < 4.78 is 13.8. The third-order valence-corrected chi connectivity index (χ3v) is 7.01. The maximum absolute atomic E-state index is 13.8. The van der Waals surface area contributed by atoms with Gasteiger partial charge in [-0.05, 0) is 47.4 Å². The van der Waals surface area contributed by atoms with Gasteiger partial charge in [-0.25, -0.2) is 4.39 Å². The van der Waals surface area contributed by atoms with Gasteiger partial charge in [-0.3, -0.25) is 9.69 Å². The Labute approximate surface area is 198 Å². The Hall–Kier alpha value is -2.34. The summed E-state index contributed by atoms with van der Waals surface area (Å²) in [6, 6.07) is 21.2. The van der Waals surface area contributed by atoms with E-state index in [1.165, 1.54) is 22.8 Å². The lowest BCUT2D eigenvalue weighted by atomic mass is 9.99. The zero-order chi connectivity index (χ0) is 22.3. The molecule has 1 amide bonds. The molecule has 0 saturated carbocycles. The Morgan fingerprint density at radius 2 is 1.81 bits per heavy atom. The highest BCUT2D eigenvalue weighted by molar-refractivity contribution is 7.98. The van der Waals surface area contributed by atoms with Crippen LogP contribution in [0, 0.1) is 5.82 Å². The number of hydrogen-bond acceptors (Lipinski definition) is 3. The lowest BCUT2D eigenvalue weighted by Gasteiger charge is -2.28. The monoisotopic (exact) mass is 468 g/mol. The predicted molar refractivity (Wildman–Crippen MR) is 131 cm³/mol. The van der Waals surface area contributed by atoms with E-state index >= 15 is 0 Å². The highest BCUT2D eigenvalue weighted by Gasteiger charge is 2.16. The summed E-state index contributed by atoms with van der Waals surface area (Å²) in [6.45, 7) is 3.42. The van der Waals surface area contributed by atoms with Crippen molar-refractivity contribution in [3.8, 4) is 0 Å². The molecule has 0 atom stereocenters. The average Bonchev–Trinajstić information content (AvgIpc) is 2.81. The minimum Gasteiger partial charge on any atom is -0.351 e. The van der Waals surface area contributed by atoms with Crippen molar-refractivity contribution in [2.24, 2.45) is 0 Å². The van der Waals surface area contributed by atoms with E-state index in [1.807, 2.05) is 24.3 Å². The number of nitrogens with one attached hydrogen (secondary N) is 1. The third-order valence-electron chi connectivity index (χ3n) is 5.67. The summed E-state index contributed by atoms with van der Waals surface area (Å²) in [5.74, 6) is 0.790. The largest absolute Gasteiger partial charge is 0.351 e. The standard InChI is InChI=1S/C26H26ClFN2OS/c27-24-6-3-7-25(28)23(24)18-32-15-13-29-26(31)21-10-8-19(9-11-21)16-30-14-12-20-4-1-2-5-22(20)17-30/h1-11H,12-18H2,(H,29,31). The van der Waals surface area contributed by atoms with Gasteiger partial charge in [-0.15, -0.1) is 0 Å². The summed E-state index contributed by atoms with van der Waals surface area (Å²) >= 11 is 7.59. The normalized spacial score (nSPS) is 13.6. The molecule has 0 unspecified atom stereocenters. The van der Waals surface area contributed by atoms with Crippen LogP contribution in [0.1, 0.15) is 32.6 Å². The highest BCUT2D eigenvalue weighted by atomic mass is 35.5. The average molecular weight is 469 g/mol. The fraction of sp³-hybridized carbons (Fsp3) is 0.269. The maximum atomic E-state index is 13.8. The van der Waals surface area contributed by atoms with E-state index in [1.54, 1.807) is 23.9 Å². The highest BCUT2D eigenvalue weighted by Crippen LogP contribution is 2.24. The molecule has 1 aliphatic rings. The molecule has 3 nitrogen and oxygen atoms in total. The van der Waals surface area contributed by atoms with E-state index in [9.17, 15) is 9.18 Å². The number of thioether (sulfide) groups is 1. The minimum absolute atomic E-state index is 0.0898. The van der Waals surface area contributed by atoms with Crippen LogP contribution in [0.15, 0.2) is 66.7 Å². The molecule has 166 valence electrons. The second kappa shape index (κ2) is 11.0. The second-order valence-corrected chi connectivity index (χ2v) is 9.45. The number of benzene rings is 3. The topological polar surface area (TPSA) is 32.3 Å². The number of amides is 1. The molecule has 0 bridgehead atoms. The predicted octanol–water partition coefficient (Wildman–Crippen LogP) is 5.70. The summed E-state index contributed by atoms with van der Waals surface area (Å²) in [5, 5.41) is 3.37. The number of hydrogen-bond donors (Lipinski definition) is 1. The molecule has 3 aromatic carbocycles. The van der Waals surface area contributed by atoms with Crippen LogP contribution in [-0.2, 0) is 25.3 Å². The Morgan fingerprint density at radius 3 is 2.59 bits per heavy atom. The first kappa shape index (κ1) is 22.8. The van der Waals surface area contributed by atoms with Crippen molar-refractivity contribution in [3.05, 3.63) is 105 Å². The van der Waals surface area contributed by atoms with Crippen molar-refractivity contribution in [2.45, 2.75) is 25.3 Å². The fourth-order valence-corrected chi connectivity index (χ4v) is 5.09. The molecule has 0 aromatic heterocycles. The minimum atomic E-state index is -0.289. The number of carbonyl (C=O) groups is 1. The van der Waals surface area contributed by atoms with Crippen molar-refractivity contribution in [3.63, 3.8) is 0 Å². The van der Waals surface area contributed by atoms with Gasteiger partial charge in [0.05, 0.1) is 0 Å². The first-order valence-corrected chi connectivity index (χ1v) is 12.3. The number of rotatable bonds is 8. The SMILES string of the molecule is O=C(NCCSCc1c(F)cccc1Cl)c1ccc(CN2CCc3ccccc3C2)cc1. The zero-order valence-electron chi connectivity index (χ0n) is 17.8. The van der Waals surface area contributed by atoms with Crippen LogP contribution in [0.2, 0.25) is 5.02 Å². The van der Waals surface area contributed by atoms with Crippen LogP contribution < -0.4 is 5.32 Å². The lowest BCUT2D eigenvalue weighted by molar-refractivity contribution is 0.0956. The van der Waals surface area contributed by atoms with Gasteiger partial charge in [0.1, 0.15) is 5.82 Å². The zero-order valence-corrected chi connectivity index (χ0v) is 19.4. The van der Waals surface area contributed by atoms with E-state index in [0.29, 0.717) is 34.2 Å². The Bertz CT molecular complexity index is 1050. The van der Waals surface area contributed by atoms with E-state index in [0.717, 1.165) is 26.1 Å². The van der Waals surface area contributed by atoms with Crippen LogP contribution in [0.4, 0.5) is 4.39 Å². The summed E-state index contributed by atoms with van der Waals surface area (Å²) in [6.07, 6.45) is 1.08. The van der Waals surface area contributed by atoms with Crippen molar-refractivity contribution >= 4 is 29.3 Å². The van der Waals surface area contributed by atoms with Crippen LogP contribution >= 0.6 is 23.4 Å². The molecule has 0 aliphatic carbocycles. The maximum Gasteiger partial charge on any atom is 0.251 e. The molecule has 0 radical (unpaired) electrons. The number of carbonyl (C=O) groups excluding carboxylic acids is 1. The van der Waals surface area contributed by atoms with Gasteiger partial charge in [-0.1, -0.05) is 54.1 Å². The molecule has 1 heterocycles. The van der Waals surface area contributed by atoms with E-state index < -0.39 is 0 Å². The van der Waals surface area contributed by atoms with Crippen molar-refractivity contribution in [1.82, 2.24) is 10.2 Å². The summed E-state index contributed by atoms with van der Waals surface area (Å²) in [4.78, 5) is 14.9. The molecule has 3 aromatic rings. The Morgan fingerprint density at radius 1 is 1.03 bits per heavy atom. The van der Waals surface area contributed by atoms with Crippen LogP contribution in [0.5, 0.6) is 0 Å². The first-order valence-electron chi connectivity index (χ1n) is 10.8. The molecule has 0 spiro atoms. The van der Waals surface area contributed by atoms with E-state index in [2.05, 4.69) is 34.5 Å².